The molecule has 4 heterocycles. The number of aromatic nitrogens is 7. The van der Waals surface area contributed by atoms with Gasteiger partial charge < -0.3 is 9.72 Å². The van der Waals surface area contributed by atoms with Crippen LogP contribution in [0.25, 0.3) is 27.5 Å². The lowest BCUT2D eigenvalue weighted by molar-refractivity contribution is 0.252. The first-order chi connectivity index (χ1) is 15.7. The molecule has 5 rings (SSSR count). The van der Waals surface area contributed by atoms with Crippen molar-refractivity contribution in [2.45, 2.75) is 19.9 Å². The highest BCUT2D eigenvalue weighted by atomic mass is 16.2. The number of urea groups is 1. The van der Waals surface area contributed by atoms with Crippen molar-refractivity contribution in [2.75, 3.05) is 11.9 Å². The van der Waals surface area contributed by atoms with E-state index in [1.165, 1.54) is 4.80 Å². The number of hydrogen-bond donors (Lipinski definition) is 2. The predicted molar refractivity (Wildman–Crippen MR) is 120 cm³/mol. The van der Waals surface area contributed by atoms with Crippen LogP contribution in [-0.2, 0) is 13.0 Å². The molecule has 0 aliphatic rings. The third-order valence-corrected chi connectivity index (χ3v) is 5.08. The molecule has 0 saturated carbocycles. The molecule has 0 saturated heterocycles. The molecule has 2 N–H and O–H groups in total. The Balaban J connectivity index is 1.28. The number of tetrazole rings is 1. The molecule has 160 valence electrons. The van der Waals surface area contributed by atoms with Crippen LogP contribution < -0.4 is 10.6 Å². The SMILES string of the molecule is CCn1nnc(CCNC(=O)Nc2cn3cc(-c4cncc5ccccc45)ccc3n2)n1. The minimum absolute atomic E-state index is 0.338. The number of aryl methyl sites for hydroxylation is 1. The molecule has 5 aromatic rings. The van der Waals surface area contributed by atoms with Gasteiger partial charge in [0.1, 0.15) is 5.65 Å². The number of rotatable bonds is 6. The van der Waals surface area contributed by atoms with Crippen LogP contribution in [0.5, 0.6) is 0 Å². The monoisotopic (exact) mass is 427 g/mol. The van der Waals surface area contributed by atoms with Gasteiger partial charge in [0.15, 0.2) is 11.6 Å². The maximum Gasteiger partial charge on any atom is 0.320 e. The molecule has 10 heteroatoms. The normalized spacial score (nSPS) is 11.2. The van der Waals surface area contributed by atoms with Crippen LogP contribution in [0, 0.1) is 0 Å². The van der Waals surface area contributed by atoms with Gasteiger partial charge in [-0.05, 0) is 29.7 Å². The van der Waals surface area contributed by atoms with Crippen molar-refractivity contribution in [3.8, 4) is 11.1 Å². The third-order valence-electron chi connectivity index (χ3n) is 5.08. The summed E-state index contributed by atoms with van der Waals surface area (Å²) >= 11 is 0. The van der Waals surface area contributed by atoms with Crippen LogP contribution >= 0.6 is 0 Å². The molecule has 4 aromatic heterocycles. The van der Waals surface area contributed by atoms with Gasteiger partial charge in [-0.15, -0.1) is 10.2 Å². The van der Waals surface area contributed by atoms with Crippen LogP contribution in [0.15, 0.2) is 61.2 Å². The van der Waals surface area contributed by atoms with Crippen LogP contribution in [0.3, 0.4) is 0 Å². The Morgan fingerprint density at radius 3 is 2.88 bits per heavy atom. The van der Waals surface area contributed by atoms with Crippen LogP contribution in [0.1, 0.15) is 12.7 Å². The number of carbonyl (C=O) groups excluding carboxylic acids is 1. The third kappa shape index (κ3) is 3.97. The van der Waals surface area contributed by atoms with Crippen molar-refractivity contribution in [2.24, 2.45) is 0 Å². The van der Waals surface area contributed by atoms with Crippen molar-refractivity contribution < 1.29 is 4.79 Å². The van der Waals surface area contributed by atoms with Crippen LogP contribution in [0.4, 0.5) is 10.6 Å². The molecule has 0 unspecified atom stereocenters. The topological polar surface area (TPSA) is 115 Å². The Bertz CT molecular complexity index is 1400. The number of amides is 2. The number of anilines is 1. The largest absolute Gasteiger partial charge is 0.337 e. The Morgan fingerprint density at radius 1 is 1.09 bits per heavy atom. The Labute approximate surface area is 183 Å². The highest BCUT2D eigenvalue weighted by Crippen LogP contribution is 2.28. The van der Waals surface area contributed by atoms with Crippen LogP contribution in [0.2, 0.25) is 0 Å². The molecule has 1 aromatic carbocycles. The van der Waals surface area contributed by atoms with E-state index < -0.39 is 0 Å². The van der Waals surface area contributed by atoms with Crippen molar-refractivity contribution in [3.63, 3.8) is 0 Å². The fourth-order valence-electron chi connectivity index (χ4n) is 3.52. The van der Waals surface area contributed by atoms with Gasteiger partial charge in [-0.3, -0.25) is 10.3 Å². The number of benzene rings is 1. The minimum Gasteiger partial charge on any atom is -0.337 e. The predicted octanol–water partition coefficient (Wildman–Crippen LogP) is 2.92. The van der Waals surface area contributed by atoms with Gasteiger partial charge in [-0.1, -0.05) is 24.3 Å². The second-order valence-electron chi connectivity index (χ2n) is 7.24. The van der Waals surface area contributed by atoms with E-state index in [-0.39, 0.29) is 6.03 Å². The fourth-order valence-corrected chi connectivity index (χ4v) is 3.52. The van der Waals surface area contributed by atoms with E-state index in [9.17, 15) is 4.79 Å². The zero-order chi connectivity index (χ0) is 21.9. The average molecular weight is 427 g/mol. The molecule has 2 amide bonds. The highest BCUT2D eigenvalue weighted by Gasteiger charge is 2.10. The standard InChI is InChI=1S/C22H21N9O/c1-2-31-28-19(27-29-31)9-10-24-22(32)26-20-14-30-13-16(7-8-21(30)25-20)18-12-23-11-15-5-3-4-6-17(15)18/h3-8,11-14H,2,9-10H2,1H3,(H2,24,26,32). The van der Waals surface area contributed by atoms with E-state index in [2.05, 4.69) is 42.1 Å². The first kappa shape index (κ1) is 19.6. The summed E-state index contributed by atoms with van der Waals surface area (Å²) < 4.78 is 1.89. The van der Waals surface area contributed by atoms with E-state index in [4.69, 9.17) is 0 Å². The van der Waals surface area contributed by atoms with Gasteiger partial charge in [0.25, 0.3) is 0 Å². The summed E-state index contributed by atoms with van der Waals surface area (Å²) in [7, 11) is 0. The zero-order valence-corrected chi connectivity index (χ0v) is 17.4. The van der Waals surface area contributed by atoms with Gasteiger partial charge in [0, 0.05) is 48.1 Å². The molecule has 32 heavy (non-hydrogen) atoms. The molecule has 0 atom stereocenters. The number of pyridine rings is 2. The zero-order valence-electron chi connectivity index (χ0n) is 17.4. The molecule has 0 spiro atoms. The van der Waals surface area contributed by atoms with Crippen molar-refractivity contribution >= 4 is 28.3 Å². The summed E-state index contributed by atoms with van der Waals surface area (Å²) in [4.78, 5) is 22.6. The van der Waals surface area contributed by atoms with Gasteiger partial charge >= 0.3 is 6.03 Å². The first-order valence-electron chi connectivity index (χ1n) is 10.3. The summed E-state index contributed by atoms with van der Waals surface area (Å²) in [6.07, 6.45) is 7.99. The number of imidazole rings is 1. The molecule has 0 radical (unpaired) electrons. The van der Waals surface area contributed by atoms with Gasteiger partial charge in [-0.2, -0.15) is 4.80 Å². The van der Waals surface area contributed by atoms with E-state index in [1.54, 1.807) is 6.20 Å². The summed E-state index contributed by atoms with van der Waals surface area (Å²) in [6.45, 7) is 2.99. The van der Waals surface area contributed by atoms with Crippen molar-refractivity contribution in [3.05, 3.63) is 67.0 Å². The number of nitrogens with zero attached hydrogens (tertiary/aromatic N) is 7. The molecule has 0 bridgehead atoms. The van der Waals surface area contributed by atoms with E-state index in [1.807, 2.05) is 60.2 Å². The van der Waals surface area contributed by atoms with Gasteiger partial charge in [0.2, 0.25) is 0 Å². The first-order valence-corrected chi connectivity index (χ1v) is 10.3. The highest BCUT2D eigenvalue weighted by molar-refractivity contribution is 5.95. The number of fused-ring (bicyclic) bond motifs is 2. The summed E-state index contributed by atoms with van der Waals surface area (Å²) in [5, 5.41) is 19.8. The second kappa shape index (κ2) is 8.42. The van der Waals surface area contributed by atoms with E-state index in [0.29, 0.717) is 31.2 Å². The number of nitrogens with one attached hydrogen (secondary N) is 2. The quantitative estimate of drug-likeness (QED) is 0.431. The molecule has 0 aliphatic carbocycles. The fraction of sp³-hybridized carbons (Fsp3) is 0.182. The molecule has 0 fully saturated rings. The maximum atomic E-state index is 12.2. The minimum atomic E-state index is -0.338. The Morgan fingerprint density at radius 2 is 2.00 bits per heavy atom. The number of hydrogen-bond acceptors (Lipinski definition) is 6. The summed E-state index contributed by atoms with van der Waals surface area (Å²) in [5.41, 5.74) is 2.79. The van der Waals surface area contributed by atoms with E-state index >= 15 is 0 Å². The Hall–Kier alpha value is -4.34. The lowest BCUT2D eigenvalue weighted by Gasteiger charge is -2.06. The Kier molecular flexibility index (Phi) is 5.16. The molecular formula is C22H21N9O. The maximum absolute atomic E-state index is 12.2. The number of carbonyl (C=O) groups is 1. The smallest absolute Gasteiger partial charge is 0.320 e. The second-order valence-corrected chi connectivity index (χ2v) is 7.24. The summed E-state index contributed by atoms with van der Waals surface area (Å²) in [5.74, 6) is 1.06. The van der Waals surface area contributed by atoms with Crippen LogP contribution in [-0.4, -0.2) is 47.2 Å². The molecule has 10 nitrogen and oxygen atoms in total. The van der Waals surface area contributed by atoms with Crippen molar-refractivity contribution in [1.82, 2.24) is 39.9 Å². The van der Waals surface area contributed by atoms with Gasteiger partial charge in [0.05, 0.1) is 12.7 Å². The molecule has 0 aliphatic heterocycles. The van der Waals surface area contributed by atoms with Crippen molar-refractivity contribution in [1.29, 1.82) is 0 Å². The van der Waals surface area contributed by atoms with Gasteiger partial charge in [-0.25, -0.2) is 9.78 Å². The lowest BCUT2D eigenvalue weighted by atomic mass is 10.0. The summed E-state index contributed by atoms with van der Waals surface area (Å²) in [6, 6.07) is 11.7. The average Bonchev–Trinajstić information content (AvgIpc) is 3.44. The van der Waals surface area contributed by atoms with E-state index in [0.717, 1.165) is 27.5 Å². The molecular weight excluding hydrogens is 406 g/mol. The lowest BCUT2D eigenvalue weighted by Crippen LogP contribution is -2.30.